The average molecular weight is 467 g/mol. The number of fused-ring (bicyclic) bond motifs is 1. The minimum Gasteiger partial charge on any atom is -0.497 e. The number of nitrogens with zero attached hydrogens (tertiary/aromatic N) is 3. The number of anilines is 1. The minimum atomic E-state index is -1.12. The van der Waals surface area contributed by atoms with Crippen molar-refractivity contribution in [2.75, 3.05) is 12.4 Å². The zero-order valence-electron chi connectivity index (χ0n) is 18.7. The second kappa shape index (κ2) is 8.92. The summed E-state index contributed by atoms with van der Waals surface area (Å²) in [5.41, 5.74) is 2.36. The molecule has 0 amide bonds. The van der Waals surface area contributed by atoms with E-state index in [2.05, 4.69) is 20.3 Å². The molecule has 2 N–H and O–H groups in total. The molecule has 0 saturated carbocycles. The fraction of sp³-hybridized carbons (Fsp3) is 0.240. The van der Waals surface area contributed by atoms with Crippen LogP contribution < -0.4 is 10.1 Å². The Hall–Kier alpha value is -3.29. The molecule has 1 atom stereocenters. The van der Waals surface area contributed by atoms with Crippen molar-refractivity contribution in [3.8, 4) is 16.9 Å². The first-order valence-corrected chi connectivity index (χ1v) is 10.8. The fourth-order valence-corrected chi connectivity index (χ4v) is 3.77. The third-order valence-electron chi connectivity index (χ3n) is 5.38. The molecular weight excluding hydrogens is 443 g/mol. The molecule has 0 unspecified atom stereocenters. The van der Waals surface area contributed by atoms with Gasteiger partial charge in [-0.2, -0.15) is 0 Å². The van der Waals surface area contributed by atoms with Gasteiger partial charge in [-0.15, -0.1) is 0 Å². The number of hydrogen-bond acceptors (Lipinski definition) is 6. The third kappa shape index (κ3) is 4.74. The lowest BCUT2D eigenvalue weighted by Crippen LogP contribution is -2.19. The van der Waals surface area contributed by atoms with Crippen molar-refractivity contribution < 1.29 is 14.2 Å². The van der Waals surface area contributed by atoms with Crippen molar-refractivity contribution in [3.63, 3.8) is 0 Å². The molecule has 8 heteroatoms. The SMILES string of the molecule is COc1ccc(F)c([C@@H](C)Nc2c(Cl)cnc3ccc(-c4cnc(C(C)(C)O)nc4)cc23)c1. The molecule has 170 valence electrons. The van der Waals surface area contributed by atoms with E-state index in [1.807, 2.05) is 25.1 Å². The van der Waals surface area contributed by atoms with Gasteiger partial charge in [0.05, 0.1) is 29.4 Å². The summed E-state index contributed by atoms with van der Waals surface area (Å²) in [6, 6.07) is 9.98. The molecule has 0 aliphatic rings. The summed E-state index contributed by atoms with van der Waals surface area (Å²) in [4.78, 5) is 13.0. The maximum atomic E-state index is 14.5. The van der Waals surface area contributed by atoms with Crippen LogP contribution in [0.2, 0.25) is 5.02 Å². The second-order valence-corrected chi connectivity index (χ2v) is 8.73. The van der Waals surface area contributed by atoms with E-state index in [-0.39, 0.29) is 11.9 Å². The van der Waals surface area contributed by atoms with Crippen LogP contribution in [0.1, 0.15) is 38.2 Å². The van der Waals surface area contributed by atoms with Gasteiger partial charge in [-0.1, -0.05) is 17.7 Å². The Bertz CT molecular complexity index is 1310. The molecule has 4 aromatic rings. The molecule has 4 rings (SSSR count). The third-order valence-corrected chi connectivity index (χ3v) is 5.67. The van der Waals surface area contributed by atoms with Crippen LogP contribution >= 0.6 is 11.6 Å². The highest BCUT2D eigenvalue weighted by Gasteiger charge is 2.20. The van der Waals surface area contributed by atoms with Crippen LogP contribution in [-0.4, -0.2) is 27.2 Å². The molecule has 0 radical (unpaired) electrons. The van der Waals surface area contributed by atoms with Gasteiger partial charge in [-0.3, -0.25) is 4.98 Å². The fourth-order valence-electron chi connectivity index (χ4n) is 3.56. The molecule has 33 heavy (non-hydrogen) atoms. The molecule has 0 aliphatic heterocycles. The standard InChI is InChI=1S/C25H24ClFN4O2/c1-14(18-10-17(33-4)6-7-21(18)27)31-23-19-9-15(5-8-22(19)28-13-20(23)26)16-11-29-24(30-12-16)25(2,3)32/h5-14,32H,1-4H3,(H,28,31)/t14-/m1/s1. The molecule has 0 bridgehead atoms. The molecular formula is C25H24ClFN4O2. The van der Waals surface area contributed by atoms with Gasteiger partial charge in [-0.25, -0.2) is 14.4 Å². The summed E-state index contributed by atoms with van der Waals surface area (Å²) in [7, 11) is 1.54. The van der Waals surface area contributed by atoms with Crippen molar-refractivity contribution in [2.24, 2.45) is 0 Å². The number of halogens is 2. The van der Waals surface area contributed by atoms with Crippen molar-refractivity contribution in [1.82, 2.24) is 15.0 Å². The van der Waals surface area contributed by atoms with E-state index in [0.29, 0.717) is 27.8 Å². The van der Waals surface area contributed by atoms with E-state index in [1.54, 1.807) is 51.7 Å². The molecule has 2 aromatic heterocycles. The Labute approximate surface area is 196 Å². The number of hydrogen-bond donors (Lipinski definition) is 2. The Morgan fingerprint density at radius 3 is 2.42 bits per heavy atom. The van der Waals surface area contributed by atoms with Gasteiger partial charge in [0.25, 0.3) is 0 Å². The Balaban J connectivity index is 1.74. The number of ether oxygens (including phenoxy) is 1. The molecule has 6 nitrogen and oxygen atoms in total. The molecule has 0 saturated heterocycles. The smallest absolute Gasteiger partial charge is 0.159 e. The van der Waals surface area contributed by atoms with E-state index in [1.165, 1.54) is 6.07 Å². The average Bonchev–Trinajstić information content (AvgIpc) is 2.80. The normalized spacial score (nSPS) is 12.6. The van der Waals surface area contributed by atoms with Crippen LogP contribution in [-0.2, 0) is 5.60 Å². The van der Waals surface area contributed by atoms with Gasteiger partial charge in [0.1, 0.15) is 17.2 Å². The number of pyridine rings is 1. The summed E-state index contributed by atoms with van der Waals surface area (Å²) in [5.74, 6) is 0.575. The Morgan fingerprint density at radius 1 is 1.03 bits per heavy atom. The van der Waals surface area contributed by atoms with Crippen LogP contribution in [0.3, 0.4) is 0 Å². The lowest BCUT2D eigenvalue weighted by Gasteiger charge is -2.20. The second-order valence-electron chi connectivity index (χ2n) is 8.32. The first-order chi connectivity index (χ1) is 15.7. The van der Waals surface area contributed by atoms with Gasteiger partial charge < -0.3 is 15.2 Å². The van der Waals surface area contributed by atoms with Crippen LogP contribution in [0.25, 0.3) is 22.0 Å². The molecule has 2 aromatic carbocycles. The van der Waals surface area contributed by atoms with Crippen molar-refractivity contribution in [2.45, 2.75) is 32.4 Å². The number of methoxy groups -OCH3 is 1. The zero-order chi connectivity index (χ0) is 23.8. The number of aliphatic hydroxyl groups is 1. The predicted molar refractivity (Wildman–Crippen MR) is 128 cm³/mol. The van der Waals surface area contributed by atoms with E-state index in [0.717, 1.165) is 22.0 Å². The van der Waals surface area contributed by atoms with Gasteiger partial charge in [0.2, 0.25) is 0 Å². The van der Waals surface area contributed by atoms with Gasteiger partial charge in [0, 0.05) is 35.1 Å². The topological polar surface area (TPSA) is 80.2 Å². The summed E-state index contributed by atoms with van der Waals surface area (Å²) in [6.45, 7) is 5.12. The number of rotatable bonds is 6. The largest absolute Gasteiger partial charge is 0.497 e. The van der Waals surface area contributed by atoms with Gasteiger partial charge in [0.15, 0.2) is 5.82 Å². The van der Waals surface area contributed by atoms with E-state index < -0.39 is 5.60 Å². The first-order valence-electron chi connectivity index (χ1n) is 10.4. The molecule has 2 heterocycles. The van der Waals surface area contributed by atoms with Crippen LogP contribution in [0.15, 0.2) is 55.0 Å². The summed E-state index contributed by atoms with van der Waals surface area (Å²) >= 11 is 6.51. The summed E-state index contributed by atoms with van der Waals surface area (Å²) in [5, 5.41) is 14.6. The molecule has 0 aliphatic carbocycles. The monoisotopic (exact) mass is 466 g/mol. The predicted octanol–water partition coefficient (Wildman–Crippen LogP) is 5.89. The highest BCUT2D eigenvalue weighted by atomic mass is 35.5. The van der Waals surface area contributed by atoms with Crippen molar-refractivity contribution >= 4 is 28.2 Å². The maximum Gasteiger partial charge on any atom is 0.159 e. The summed E-state index contributed by atoms with van der Waals surface area (Å²) < 4.78 is 19.7. The van der Waals surface area contributed by atoms with Crippen LogP contribution in [0.5, 0.6) is 5.75 Å². The zero-order valence-corrected chi connectivity index (χ0v) is 19.5. The lowest BCUT2D eigenvalue weighted by atomic mass is 10.0. The van der Waals surface area contributed by atoms with Crippen molar-refractivity contribution in [3.05, 3.63) is 77.2 Å². The number of nitrogens with one attached hydrogen (secondary N) is 1. The Morgan fingerprint density at radius 2 is 1.76 bits per heavy atom. The molecule has 0 spiro atoms. The molecule has 0 fully saturated rings. The lowest BCUT2D eigenvalue weighted by molar-refractivity contribution is 0.0687. The Kier molecular flexibility index (Phi) is 6.19. The highest BCUT2D eigenvalue weighted by Crippen LogP contribution is 2.36. The quantitative estimate of drug-likeness (QED) is 0.368. The number of benzene rings is 2. The maximum absolute atomic E-state index is 14.5. The highest BCUT2D eigenvalue weighted by molar-refractivity contribution is 6.34. The van der Waals surface area contributed by atoms with E-state index in [4.69, 9.17) is 16.3 Å². The first kappa shape index (κ1) is 22.9. The van der Waals surface area contributed by atoms with E-state index >= 15 is 0 Å². The van der Waals surface area contributed by atoms with Crippen molar-refractivity contribution in [1.29, 1.82) is 0 Å². The van der Waals surface area contributed by atoms with Gasteiger partial charge in [-0.05, 0) is 56.7 Å². The minimum absolute atomic E-state index is 0.338. The van der Waals surface area contributed by atoms with Crippen LogP contribution in [0.4, 0.5) is 10.1 Å². The van der Waals surface area contributed by atoms with Gasteiger partial charge >= 0.3 is 0 Å². The number of aromatic nitrogens is 3. The van der Waals surface area contributed by atoms with E-state index in [9.17, 15) is 9.50 Å². The summed E-state index contributed by atoms with van der Waals surface area (Å²) in [6.07, 6.45) is 4.91. The van der Waals surface area contributed by atoms with Crippen LogP contribution in [0, 0.1) is 5.82 Å².